The lowest BCUT2D eigenvalue weighted by atomic mass is 10.1. The Balaban J connectivity index is 2.66. The van der Waals surface area contributed by atoms with Crippen molar-refractivity contribution in [3.8, 4) is 0 Å². The van der Waals surface area contributed by atoms with Gasteiger partial charge in [0.05, 0.1) is 0 Å². The van der Waals surface area contributed by atoms with Crippen molar-refractivity contribution in [2.75, 3.05) is 5.88 Å². The smallest absolute Gasteiger partial charge is 0.119 e. The van der Waals surface area contributed by atoms with Crippen molar-refractivity contribution in [2.45, 2.75) is 12.5 Å². The molecule has 0 amide bonds. The summed E-state index contributed by atoms with van der Waals surface area (Å²) in [5.74, 6) is 0.472. The molecule has 0 fully saturated rings. The van der Waals surface area contributed by atoms with Crippen molar-refractivity contribution in [3.63, 3.8) is 0 Å². The van der Waals surface area contributed by atoms with E-state index in [1.54, 1.807) is 0 Å². The third kappa shape index (κ3) is 2.48. The Morgan fingerprint density at radius 2 is 2.00 bits per heavy atom. The maximum Gasteiger partial charge on any atom is 0.119 e. The van der Waals surface area contributed by atoms with E-state index in [1.807, 2.05) is 30.3 Å². The monoisotopic (exact) mass is 186 g/mol. The van der Waals surface area contributed by atoms with Gasteiger partial charge in [-0.1, -0.05) is 30.3 Å². The molecule has 0 bridgehead atoms. The zero-order valence-corrected chi connectivity index (χ0v) is 7.37. The summed E-state index contributed by atoms with van der Waals surface area (Å²) in [7, 11) is 0. The largest absolute Gasteiger partial charge is 0.251 e. The molecular weight excluding hydrogens is 176 g/mol. The SMILES string of the molecule is OOC(CCCl)c1ccccc1. The number of hydrogen-bond acceptors (Lipinski definition) is 2. The number of rotatable bonds is 4. The van der Waals surface area contributed by atoms with Crippen LogP contribution in [-0.2, 0) is 4.89 Å². The third-order valence-corrected chi connectivity index (χ3v) is 1.89. The lowest BCUT2D eigenvalue weighted by molar-refractivity contribution is -0.282. The number of hydrogen-bond donors (Lipinski definition) is 1. The molecular formula is C9H11ClO2. The molecule has 3 heteroatoms. The Bertz CT molecular complexity index is 213. The molecule has 1 aromatic rings. The summed E-state index contributed by atoms with van der Waals surface area (Å²) in [5.41, 5.74) is 0.945. The van der Waals surface area contributed by atoms with Gasteiger partial charge in [-0.25, -0.2) is 4.89 Å². The Morgan fingerprint density at radius 1 is 1.33 bits per heavy atom. The van der Waals surface area contributed by atoms with E-state index in [0.717, 1.165) is 5.56 Å². The maximum atomic E-state index is 8.55. The van der Waals surface area contributed by atoms with Crippen LogP contribution in [0.25, 0.3) is 0 Å². The number of benzene rings is 1. The van der Waals surface area contributed by atoms with Crippen molar-refractivity contribution < 1.29 is 10.1 Å². The lowest BCUT2D eigenvalue weighted by Gasteiger charge is -2.11. The third-order valence-electron chi connectivity index (χ3n) is 1.67. The van der Waals surface area contributed by atoms with E-state index in [1.165, 1.54) is 0 Å². The van der Waals surface area contributed by atoms with Gasteiger partial charge in [-0.05, 0) is 12.0 Å². The van der Waals surface area contributed by atoms with E-state index < -0.39 is 0 Å². The second kappa shape index (κ2) is 5.14. The van der Waals surface area contributed by atoms with E-state index in [0.29, 0.717) is 12.3 Å². The van der Waals surface area contributed by atoms with E-state index in [2.05, 4.69) is 4.89 Å². The maximum absolute atomic E-state index is 8.55. The highest BCUT2D eigenvalue weighted by molar-refractivity contribution is 6.17. The van der Waals surface area contributed by atoms with Gasteiger partial charge < -0.3 is 0 Å². The summed E-state index contributed by atoms with van der Waals surface area (Å²) in [6.07, 6.45) is 0.311. The fourth-order valence-electron chi connectivity index (χ4n) is 1.05. The normalized spacial score (nSPS) is 12.8. The minimum Gasteiger partial charge on any atom is -0.251 e. The van der Waals surface area contributed by atoms with E-state index in [9.17, 15) is 0 Å². The highest BCUT2D eigenvalue weighted by Gasteiger charge is 2.09. The molecule has 0 saturated carbocycles. The van der Waals surface area contributed by atoms with Crippen molar-refractivity contribution in [2.24, 2.45) is 0 Å². The first-order valence-corrected chi connectivity index (χ1v) is 4.33. The zero-order chi connectivity index (χ0) is 8.81. The summed E-state index contributed by atoms with van der Waals surface area (Å²) >= 11 is 5.53. The molecule has 1 N–H and O–H groups in total. The Kier molecular flexibility index (Phi) is 4.08. The molecule has 1 unspecified atom stereocenters. The second-order valence-electron chi connectivity index (χ2n) is 2.48. The summed E-state index contributed by atoms with van der Waals surface area (Å²) < 4.78 is 0. The Labute approximate surface area is 76.7 Å². The van der Waals surface area contributed by atoms with Gasteiger partial charge in [-0.15, -0.1) is 11.6 Å². The lowest BCUT2D eigenvalue weighted by Crippen LogP contribution is -2.01. The summed E-state index contributed by atoms with van der Waals surface area (Å²) in [5, 5.41) is 8.55. The van der Waals surface area contributed by atoms with Crippen LogP contribution in [0.3, 0.4) is 0 Å². The van der Waals surface area contributed by atoms with Gasteiger partial charge in [-0.3, -0.25) is 5.26 Å². The van der Waals surface area contributed by atoms with Gasteiger partial charge in [-0.2, -0.15) is 0 Å². The first-order chi connectivity index (χ1) is 5.88. The molecule has 2 nitrogen and oxygen atoms in total. The summed E-state index contributed by atoms with van der Waals surface area (Å²) in [6, 6.07) is 9.50. The average molecular weight is 187 g/mol. The first kappa shape index (κ1) is 9.52. The standard InChI is InChI=1S/C9H11ClO2/c10-7-6-9(12-11)8-4-2-1-3-5-8/h1-5,9,11H,6-7H2. The molecule has 12 heavy (non-hydrogen) atoms. The van der Waals surface area contributed by atoms with Crippen LogP contribution < -0.4 is 0 Å². The van der Waals surface area contributed by atoms with E-state index >= 15 is 0 Å². The first-order valence-electron chi connectivity index (χ1n) is 3.79. The highest BCUT2D eigenvalue weighted by Crippen LogP contribution is 2.19. The molecule has 0 aromatic heterocycles. The fraction of sp³-hybridized carbons (Fsp3) is 0.333. The number of halogens is 1. The molecule has 0 aliphatic rings. The van der Waals surface area contributed by atoms with Gasteiger partial charge >= 0.3 is 0 Å². The molecule has 0 heterocycles. The molecule has 0 aliphatic heterocycles. The van der Waals surface area contributed by atoms with Crippen LogP contribution in [0.15, 0.2) is 30.3 Å². The Morgan fingerprint density at radius 3 is 2.50 bits per heavy atom. The highest BCUT2D eigenvalue weighted by atomic mass is 35.5. The average Bonchev–Trinajstić information content (AvgIpc) is 2.15. The van der Waals surface area contributed by atoms with Crippen molar-refractivity contribution >= 4 is 11.6 Å². The van der Waals surface area contributed by atoms with Crippen LogP contribution in [0.5, 0.6) is 0 Å². The van der Waals surface area contributed by atoms with Crippen molar-refractivity contribution in [3.05, 3.63) is 35.9 Å². The van der Waals surface area contributed by atoms with E-state index in [4.69, 9.17) is 16.9 Å². The predicted octanol–water partition coefficient (Wildman–Crippen LogP) is 2.85. The van der Waals surface area contributed by atoms with Crippen molar-refractivity contribution in [1.29, 1.82) is 0 Å². The minimum absolute atomic E-state index is 0.302. The zero-order valence-electron chi connectivity index (χ0n) is 6.61. The van der Waals surface area contributed by atoms with Gasteiger partial charge in [0.1, 0.15) is 6.10 Å². The number of alkyl halides is 1. The van der Waals surface area contributed by atoms with Gasteiger partial charge in [0.2, 0.25) is 0 Å². The molecule has 0 aliphatic carbocycles. The van der Waals surface area contributed by atoms with Crippen LogP contribution in [-0.4, -0.2) is 11.1 Å². The van der Waals surface area contributed by atoms with Crippen LogP contribution in [0.2, 0.25) is 0 Å². The van der Waals surface area contributed by atoms with Gasteiger partial charge in [0, 0.05) is 5.88 Å². The van der Waals surface area contributed by atoms with E-state index in [-0.39, 0.29) is 6.10 Å². The Hall–Kier alpha value is -0.570. The quantitative estimate of drug-likeness (QED) is 0.445. The minimum atomic E-state index is -0.302. The molecule has 66 valence electrons. The summed E-state index contributed by atoms with van der Waals surface area (Å²) in [4.78, 5) is 4.29. The van der Waals surface area contributed by atoms with Gasteiger partial charge in [0.15, 0.2) is 0 Å². The molecule has 1 atom stereocenters. The molecule has 0 saturated heterocycles. The van der Waals surface area contributed by atoms with Crippen LogP contribution in [0.1, 0.15) is 18.1 Å². The van der Waals surface area contributed by atoms with Crippen LogP contribution in [0.4, 0.5) is 0 Å². The molecule has 0 radical (unpaired) electrons. The molecule has 1 rings (SSSR count). The fourth-order valence-corrected chi connectivity index (χ4v) is 1.25. The molecule has 1 aromatic carbocycles. The molecule has 0 spiro atoms. The van der Waals surface area contributed by atoms with Crippen molar-refractivity contribution in [1.82, 2.24) is 0 Å². The predicted molar refractivity (Wildman–Crippen MR) is 48.2 cm³/mol. The second-order valence-corrected chi connectivity index (χ2v) is 2.86. The topological polar surface area (TPSA) is 29.5 Å². The van der Waals surface area contributed by atoms with Gasteiger partial charge in [0.25, 0.3) is 0 Å². The van der Waals surface area contributed by atoms with Crippen LogP contribution in [0, 0.1) is 0 Å². The van der Waals surface area contributed by atoms with Crippen LogP contribution >= 0.6 is 11.6 Å². The summed E-state index contributed by atoms with van der Waals surface area (Å²) in [6.45, 7) is 0.